The number of aromatic nitrogens is 4. The maximum atomic E-state index is 11.5. The van der Waals surface area contributed by atoms with Crippen molar-refractivity contribution in [3.63, 3.8) is 0 Å². The van der Waals surface area contributed by atoms with E-state index < -0.39 is 5.97 Å². The number of aryl methyl sites for hydroxylation is 1. The van der Waals surface area contributed by atoms with Gasteiger partial charge in [0.05, 0.1) is 12.7 Å². The maximum Gasteiger partial charge on any atom is 0.339 e. The molecule has 0 bridgehead atoms. The zero-order chi connectivity index (χ0) is 18.1. The second-order valence-electron chi connectivity index (χ2n) is 6.00. The van der Waals surface area contributed by atoms with Gasteiger partial charge in [-0.1, -0.05) is 5.16 Å². The molecule has 0 unspecified atom stereocenters. The summed E-state index contributed by atoms with van der Waals surface area (Å²) < 4.78 is 10.1. The summed E-state index contributed by atoms with van der Waals surface area (Å²) in [5.74, 6) is 0.353. The number of pyridine rings is 2. The van der Waals surface area contributed by atoms with E-state index in [-0.39, 0.29) is 0 Å². The zero-order valence-electron chi connectivity index (χ0n) is 14.4. The van der Waals surface area contributed by atoms with E-state index in [4.69, 9.17) is 4.52 Å². The van der Waals surface area contributed by atoms with Crippen LogP contribution in [0, 0.1) is 6.92 Å². The van der Waals surface area contributed by atoms with Crippen molar-refractivity contribution in [3.8, 4) is 23.0 Å². The molecule has 26 heavy (non-hydrogen) atoms. The fourth-order valence-electron chi connectivity index (χ4n) is 3.06. The zero-order valence-corrected chi connectivity index (χ0v) is 14.4. The van der Waals surface area contributed by atoms with Crippen LogP contribution in [0.3, 0.4) is 0 Å². The number of hydrogen-bond acceptors (Lipinski definition) is 8. The van der Waals surface area contributed by atoms with Crippen molar-refractivity contribution in [2.75, 3.05) is 13.7 Å². The SMILES string of the molecule is COC(=O)c1ccc(-c2nc(-c3c(C)ncc4c3CCNC4)no2)nc1. The van der Waals surface area contributed by atoms with Gasteiger partial charge >= 0.3 is 5.97 Å². The van der Waals surface area contributed by atoms with Crippen molar-refractivity contribution in [1.29, 1.82) is 0 Å². The number of methoxy groups -OCH3 is 1. The predicted octanol–water partition coefficient (Wildman–Crippen LogP) is 1.93. The molecular weight excluding hydrogens is 334 g/mol. The lowest BCUT2D eigenvalue weighted by atomic mass is 9.95. The normalized spacial score (nSPS) is 13.3. The number of carbonyl (C=O) groups excluding carboxylic acids is 1. The summed E-state index contributed by atoms with van der Waals surface area (Å²) in [5.41, 5.74) is 5.01. The van der Waals surface area contributed by atoms with Crippen molar-refractivity contribution >= 4 is 5.97 Å². The first kappa shape index (κ1) is 16.3. The molecule has 1 N–H and O–H groups in total. The second kappa shape index (κ2) is 6.64. The van der Waals surface area contributed by atoms with Crippen molar-refractivity contribution in [1.82, 2.24) is 25.4 Å². The Morgan fingerprint density at radius 3 is 2.92 bits per heavy atom. The molecule has 0 fully saturated rings. The highest BCUT2D eigenvalue weighted by atomic mass is 16.5. The van der Waals surface area contributed by atoms with Gasteiger partial charge in [-0.2, -0.15) is 4.98 Å². The van der Waals surface area contributed by atoms with Crippen LogP contribution in [-0.2, 0) is 17.7 Å². The average molecular weight is 351 g/mol. The van der Waals surface area contributed by atoms with Gasteiger partial charge in [0, 0.05) is 30.2 Å². The molecule has 0 radical (unpaired) electrons. The van der Waals surface area contributed by atoms with Crippen LogP contribution in [0.5, 0.6) is 0 Å². The third kappa shape index (κ3) is 2.84. The fourth-order valence-corrected chi connectivity index (χ4v) is 3.06. The summed E-state index contributed by atoms with van der Waals surface area (Å²) in [6.07, 6.45) is 4.21. The van der Waals surface area contributed by atoms with Crippen LogP contribution in [0.1, 0.15) is 27.2 Å². The predicted molar refractivity (Wildman–Crippen MR) is 92.2 cm³/mol. The van der Waals surface area contributed by atoms with Crippen LogP contribution in [0.25, 0.3) is 23.0 Å². The third-order valence-corrected chi connectivity index (χ3v) is 4.39. The van der Waals surface area contributed by atoms with E-state index in [1.54, 1.807) is 12.1 Å². The van der Waals surface area contributed by atoms with Crippen molar-refractivity contribution in [3.05, 3.63) is 46.9 Å². The smallest absolute Gasteiger partial charge is 0.339 e. The summed E-state index contributed by atoms with van der Waals surface area (Å²) in [5, 5.41) is 7.46. The molecule has 8 heteroatoms. The van der Waals surface area contributed by atoms with Crippen LogP contribution in [-0.4, -0.2) is 39.7 Å². The van der Waals surface area contributed by atoms with Crippen molar-refractivity contribution in [2.24, 2.45) is 0 Å². The molecule has 3 aromatic heterocycles. The molecule has 1 aliphatic heterocycles. The molecule has 0 saturated carbocycles. The summed E-state index contributed by atoms with van der Waals surface area (Å²) in [4.78, 5) is 24.7. The molecule has 0 spiro atoms. The summed E-state index contributed by atoms with van der Waals surface area (Å²) >= 11 is 0. The molecule has 0 aromatic carbocycles. The lowest BCUT2D eigenvalue weighted by molar-refractivity contribution is 0.0600. The van der Waals surface area contributed by atoms with Crippen LogP contribution in [0.4, 0.5) is 0 Å². The van der Waals surface area contributed by atoms with Gasteiger partial charge in [-0.3, -0.25) is 9.97 Å². The molecule has 0 atom stereocenters. The van der Waals surface area contributed by atoms with Gasteiger partial charge < -0.3 is 14.6 Å². The molecule has 4 heterocycles. The molecule has 132 valence electrons. The molecular formula is C18H17N5O3. The third-order valence-electron chi connectivity index (χ3n) is 4.39. The number of esters is 1. The van der Waals surface area contributed by atoms with Gasteiger partial charge in [-0.25, -0.2) is 4.79 Å². The highest BCUT2D eigenvalue weighted by Gasteiger charge is 2.21. The average Bonchev–Trinajstić information content (AvgIpc) is 3.17. The fraction of sp³-hybridized carbons (Fsp3) is 0.278. The van der Waals surface area contributed by atoms with Crippen LogP contribution < -0.4 is 5.32 Å². The van der Waals surface area contributed by atoms with Gasteiger partial charge in [-0.15, -0.1) is 0 Å². The molecule has 4 rings (SSSR count). The number of hydrogen-bond donors (Lipinski definition) is 1. The Kier molecular flexibility index (Phi) is 4.18. The first-order valence-electron chi connectivity index (χ1n) is 8.24. The van der Waals surface area contributed by atoms with E-state index >= 15 is 0 Å². The Balaban J connectivity index is 1.70. The second-order valence-corrected chi connectivity index (χ2v) is 6.00. The number of nitrogens with one attached hydrogen (secondary N) is 1. The van der Waals surface area contributed by atoms with E-state index in [1.807, 2.05) is 13.1 Å². The number of carbonyl (C=O) groups is 1. The van der Waals surface area contributed by atoms with Gasteiger partial charge in [0.1, 0.15) is 5.69 Å². The summed E-state index contributed by atoms with van der Waals surface area (Å²) in [6.45, 7) is 3.64. The number of fused-ring (bicyclic) bond motifs is 1. The lowest BCUT2D eigenvalue weighted by Crippen LogP contribution is -2.24. The van der Waals surface area contributed by atoms with Crippen LogP contribution in [0.15, 0.2) is 29.0 Å². The van der Waals surface area contributed by atoms with Crippen LogP contribution >= 0.6 is 0 Å². The number of rotatable bonds is 3. The molecule has 1 aliphatic rings. The van der Waals surface area contributed by atoms with Gasteiger partial charge in [0.25, 0.3) is 5.89 Å². The van der Waals surface area contributed by atoms with E-state index in [1.165, 1.54) is 18.9 Å². The van der Waals surface area contributed by atoms with Crippen molar-refractivity contribution in [2.45, 2.75) is 19.9 Å². The van der Waals surface area contributed by atoms with Gasteiger partial charge in [0.2, 0.25) is 5.82 Å². The minimum Gasteiger partial charge on any atom is -0.465 e. The Morgan fingerprint density at radius 2 is 2.15 bits per heavy atom. The highest BCUT2D eigenvalue weighted by molar-refractivity contribution is 5.89. The molecule has 3 aromatic rings. The Hall–Kier alpha value is -3.13. The first-order valence-corrected chi connectivity index (χ1v) is 8.24. The first-order chi connectivity index (χ1) is 12.7. The largest absolute Gasteiger partial charge is 0.465 e. The standard InChI is InChI=1S/C18H17N5O3/c1-10-15(13-5-6-19-7-12(13)9-20-10)16-22-17(26-23-16)14-4-3-11(8-21-14)18(24)25-2/h3-4,8-9,19H,5-7H2,1-2H3. The maximum absolute atomic E-state index is 11.5. The Morgan fingerprint density at radius 1 is 1.27 bits per heavy atom. The summed E-state index contributed by atoms with van der Waals surface area (Å²) in [7, 11) is 1.33. The topological polar surface area (TPSA) is 103 Å². The van der Waals surface area contributed by atoms with Gasteiger partial charge in [-0.05, 0) is 43.1 Å². The molecule has 8 nitrogen and oxygen atoms in total. The minimum absolute atomic E-state index is 0.294. The monoisotopic (exact) mass is 351 g/mol. The highest BCUT2D eigenvalue weighted by Crippen LogP contribution is 2.29. The van der Waals surface area contributed by atoms with E-state index in [9.17, 15) is 4.79 Å². The number of nitrogens with zero attached hydrogens (tertiary/aromatic N) is 4. The van der Waals surface area contributed by atoms with Crippen LogP contribution in [0.2, 0.25) is 0 Å². The lowest BCUT2D eigenvalue weighted by Gasteiger charge is -2.19. The minimum atomic E-state index is -0.443. The molecule has 0 amide bonds. The van der Waals surface area contributed by atoms with E-state index in [0.29, 0.717) is 23.0 Å². The van der Waals surface area contributed by atoms with E-state index in [0.717, 1.165) is 36.3 Å². The quantitative estimate of drug-likeness (QED) is 0.714. The molecule has 0 saturated heterocycles. The molecule has 0 aliphatic carbocycles. The Bertz CT molecular complexity index is 965. The summed E-state index contributed by atoms with van der Waals surface area (Å²) in [6, 6.07) is 3.26. The number of ether oxygens (including phenoxy) is 1. The Labute approximate surface area is 149 Å². The van der Waals surface area contributed by atoms with E-state index in [2.05, 4.69) is 30.2 Å². The van der Waals surface area contributed by atoms with Gasteiger partial charge in [0.15, 0.2) is 0 Å². The van der Waals surface area contributed by atoms with Crippen molar-refractivity contribution < 1.29 is 14.1 Å².